The van der Waals surface area contributed by atoms with Gasteiger partial charge in [-0.25, -0.2) is 9.78 Å². The molecule has 130 valence electrons. The van der Waals surface area contributed by atoms with E-state index in [9.17, 15) is 9.59 Å². The van der Waals surface area contributed by atoms with Crippen molar-refractivity contribution in [2.24, 2.45) is 0 Å². The minimum atomic E-state index is -1.22. The number of aromatic nitrogens is 1. The fourth-order valence-electron chi connectivity index (χ4n) is 2.77. The first-order valence-corrected chi connectivity index (χ1v) is 7.79. The number of aryl methyl sites for hydroxylation is 1. The number of amides is 1. The Morgan fingerprint density at radius 3 is 2.80 bits per heavy atom. The summed E-state index contributed by atoms with van der Waals surface area (Å²) in [6.07, 6.45) is 0.642. The maximum atomic E-state index is 12.5. The number of nitrogens with one attached hydrogen (secondary N) is 1. The Hall–Kier alpha value is -3.09. The van der Waals surface area contributed by atoms with Gasteiger partial charge in [0.05, 0.1) is 13.2 Å². The number of carboxylic acid groups (broad SMARTS) is 1. The largest absolute Gasteiger partial charge is 0.497 e. The zero-order valence-corrected chi connectivity index (χ0v) is 13.9. The van der Waals surface area contributed by atoms with Gasteiger partial charge in [0.1, 0.15) is 23.8 Å². The molecule has 2 heterocycles. The van der Waals surface area contributed by atoms with Crippen LogP contribution < -0.4 is 14.8 Å². The van der Waals surface area contributed by atoms with Gasteiger partial charge in [-0.05, 0) is 30.5 Å². The van der Waals surface area contributed by atoms with Crippen LogP contribution in [0.2, 0.25) is 0 Å². The first-order valence-electron chi connectivity index (χ1n) is 7.79. The molecule has 0 aliphatic carbocycles. The molecule has 0 radical (unpaired) electrons. The number of rotatable bonds is 4. The minimum Gasteiger partial charge on any atom is -0.497 e. The molecule has 7 heteroatoms. The highest BCUT2D eigenvalue weighted by molar-refractivity contribution is 5.95. The Labute approximate surface area is 144 Å². The molecule has 1 aliphatic heterocycles. The maximum absolute atomic E-state index is 12.5. The van der Waals surface area contributed by atoms with E-state index < -0.39 is 11.9 Å². The lowest BCUT2D eigenvalue weighted by Gasteiger charge is -2.27. The summed E-state index contributed by atoms with van der Waals surface area (Å²) in [6, 6.07) is 8.29. The number of hydrogen-bond donors (Lipinski definition) is 2. The van der Waals surface area contributed by atoms with Crippen LogP contribution in [0.1, 0.15) is 32.1 Å². The Kier molecular flexibility index (Phi) is 4.56. The monoisotopic (exact) mass is 342 g/mol. The summed E-state index contributed by atoms with van der Waals surface area (Å²) in [5.74, 6) is -0.595. The van der Waals surface area contributed by atoms with Crippen LogP contribution in [-0.2, 0) is 6.42 Å². The zero-order chi connectivity index (χ0) is 18.0. The number of hydrogen-bond acceptors (Lipinski definition) is 5. The molecule has 2 aromatic rings. The fraction of sp³-hybridized carbons (Fsp3) is 0.278. The van der Waals surface area contributed by atoms with Crippen LogP contribution in [0.3, 0.4) is 0 Å². The van der Waals surface area contributed by atoms with Crippen LogP contribution >= 0.6 is 0 Å². The molecule has 0 fully saturated rings. The van der Waals surface area contributed by atoms with Crippen molar-refractivity contribution in [3.05, 3.63) is 52.8 Å². The number of aromatic carboxylic acids is 1. The van der Waals surface area contributed by atoms with Crippen LogP contribution in [-0.4, -0.2) is 41.7 Å². The summed E-state index contributed by atoms with van der Waals surface area (Å²) >= 11 is 0. The number of benzene rings is 1. The topological polar surface area (TPSA) is 97.8 Å². The Balaban J connectivity index is 1.78. The van der Waals surface area contributed by atoms with Crippen molar-refractivity contribution in [1.82, 2.24) is 10.3 Å². The van der Waals surface area contributed by atoms with Crippen molar-refractivity contribution in [2.75, 3.05) is 13.7 Å². The van der Waals surface area contributed by atoms with Crippen molar-refractivity contribution in [2.45, 2.75) is 19.4 Å². The Bertz CT molecular complexity index is 834. The molecular formula is C18H18N2O5. The van der Waals surface area contributed by atoms with Gasteiger partial charge < -0.3 is 19.9 Å². The van der Waals surface area contributed by atoms with Gasteiger partial charge in [-0.2, -0.15) is 0 Å². The third kappa shape index (κ3) is 3.55. The summed E-state index contributed by atoms with van der Waals surface area (Å²) in [7, 11) is 1.40. The summed E-state index contributed by atoms with van der Waals surface area (Å²) in [5.41, 5.74) is 1.91. The van der Waals surface area contributed by atoms with E-state index in [1.807, 2.05) is 25.1 Å². The summed E-state index contributed by atoms with van der Waals surface area (Å²) in [5, 5.41) is 11.9. The second-order valence-corrected chi connectivity index (χ2v) is 5.82. The van der Waals surface area contributed by atoms with Crippen LogP contribution in [0, 0.1) is 6.92 Å². The quantitative estimate of drug-likeness (QED) is 0.880. The predicted octanol–water partition coefficient (Wildman–Crippen LogP) is 1.83. The normalized spacial score (nSPS) is 15.7. The molecule has 0 bridgehead atoms. The average Bonchev–Trinajstić information content (AvgIpc) is 2.62. The highest BCUT2D eigenvalue weighted by Crippen LogP contribution is 2.27. The zero-order valence-electron chi connectivity index (χ0n) is 13.9. The number of nitrogens with zero attached hydrogens (tertiary/aromatic N) is 1. The third-order valence-electron chi connectivity index (χ3n) is 4.08. The van der Waals surface area contributed by atoms with E-state index in [0.717, 1.165) is 16.9 Å². The predicted molar refractivity (Wildman–Crippen MR) is 89.4 cm³/mol. The SMILES string of the molecule is COc1cc(C(=O)O)nc(C(=O)NC2COc3cccc(C)c3C2)c1. The first kappa shape index (κ1) is 16.8. The van der Waals surface area contributed by atoms with Gasteiger partial charge in [0.15, 0.2) is 5.69 Å². The van der Waals surface area contributed by atoms with Gasteiger partial charge in [0.2, 0.25) is 0 Å². The van der Waals surface area contributed by atoms with Gasteiger partial charge in [0.25, 0.3) is 5.91 Å². The van der Waals surface area contributed by atoms with Gasteiger partial charge >= 0.3 is 5.97 Å². The van der Waals surface area contributed by atoms with Crippen LogP contribution in [0.5, 0.6) is 11.5 Å². The number of carbonyl (C=O) groups excluding carboxylic acids is 1. The molecule has 1 aromatic carbocycles. The molecule has 0 spiro atoms. The number of carbonyl (C=O) groups is 2. The van der Waals surface area contributed by atoms with Crippen molar-refractivity contribution >= 4 is 11.9 Å². The van der Waals surface area contributed by atoms with Crippen LogP contribution in [0.25, 0.3) is 0 Å². The molecule has 7 nitrogen and oxygen atoms in total. The van der Waals surface area contributed by atoms with Gasteiger partial charge in [-0.3, -0.25) is 4.79 Å². The molecule has 2 N–H and O–H groups in total. The first-order chi connectivity index (χ1) is 12.0. The molecule has 1 amide bonds. The molecule has 1 unspecified atom stereocenters. The number of pyridine rings is 1. The Morgan fingerprint density at radius 1 is 1.32 bits per heavy atom. The molecule has 1 atom stereocenters. The highest BCUT2D eigenvalue weighted by Gasteiger charge is 2.24. The highest BCUT2D eigenvalue weighted by atomic mass is 16.5. The second-order valence-electron chi connectivity index (χ2n) is 5.82. The van der Waals surface area contributed by atoms with Crippen molar-refractivity contribution in [1.29, 1.82) is 0 Å². The molecule has 1 aromatic heterocycles. The van der Waals surface area contributed by atoms with Crippen molar-refractivity contribution in [3.8, 4) is 11.5 Å². The third-order valence-corrected chi connectivity index (χ3v) is 4.08. The minimum absolute atomic E-state index is 0.00710. The number of carboxylic acids is 1. The Morgan fingerprint density at radius 2 is 2.08 bits per heavy atom. The van der Waals surface area contributed by atoms with E-state index in [4.69, 9.17) is 14.6 Å². The van der Waals surface area contributed by atoms with Crippen LogP contribution in [0.15, 0.2) is 30.3 Å². The van der Waals surface area contributed by atoms with E-state index in [-0.39, 0.29) is 23.2 Å². The van der Waals surface area contributed by atoms with E-state index in [1.165, 1.54) is 19.2 Å². The van der Waals surface area contributed by atoms with Crippen molar-refractivity contribution in [3.63, 3.8) is 0 Å². The summed E-state index contributed by atoms with van der Waals surface area (Å²) < 4.78 is 10.7. The lowest BCUT2D eigenvalue weighted by Crippen LogP contribution is -2.43. The van der Waals surface area contributed by atoms with Gasteiger partial charge in [-0.1, -0.05) is 12.1 Å². The van der Waals surface area contributed by atoms with Gasteiger partial charge in [-0.15, -0.1) is 0 Å². The summed E-state index contributed by atoms with van der Waals surface area (Å²) in [4.78, 5) is 27.5. The smallest absolute Gasteiger partial charge is 0.354 e. The molecular weight excluding hydrogens is 324 g/mol. The lowest BCUT2D eigenvalue weighted by atomic mass is 9.98. The molecule has 0 saturated heterocycles. The number of ether oxygens (including phenoxy) is 2. The number of methoxy groups -OCH3 is 1. The lowest BCUT2D eigenvalue weighted by molar-refractivity contribution is 0.0690. The molecule has 25 heavy (non-hydrogen) atoms. The molecule has 1 aliphatic rings. The van der Waals surface area contributed by atoms with Crippen molar-refractivity contribution < 1.29 is 24.2 Å². The standard InChI is InChI=1S/C18H18N2O5/c1-10-4-3-5-16-13(10)6-11(9-25-16)19-17(21)14-7-12(24-2)8-15(20-14)18(22)23/h3-5,7-8,11H,6,9H2,1-2H3,(H,19,21)(H,22,23). The van der Waals surface area contributed by atoms with E-state index in [1.54, 1.807) is 0 Å². The van der Waals surface area contributed by atoms with E-state index >= 15 is 0 Å². The van der Waals surface area contributed by atoms with Crippen LogP contribution in [0.4, 0.5) is 0 Å². The van der Waals surface area contributed by atoms with E-state index in [0.29, 0.717) is 13.0 Å². The molecule has 0 saturated carbocycles. The van der Waals surface area contributed by atoms with Gasteiger partial charge in [0, 0.05) is 12.1 Å². The average molecular weight is 342 g/mol. The maximum Gasteiger partial charge on any atom is 0.354 e. The molecule has 3 rings (SSSR count). The fourth-order valence-corrected chi connectivity index (χ4v) is 2.77. The van der Waals surface area contributed by atoms with E-state index in [2.05, 4.69) is 10.3 Å². The summed E-state index contributed by atoms with van der Waals surface area (Å²) in [6.45, 7) is 2.34. The number of fused-ring (bicyclic) bond motifs is 1. The second kappa shape index (κ2) is 6.80.